The number of nitrogens with one attached hydrogen (secondary N) is 1. The Labute approximate surface area is 188 Å². The van der Waals surface area contributed by atoms with Crippen molar-refractivity contribution in [1.82, 2.24) is 15.1 Å². The number of carbonyl (C=O) groups is 1. The lowest BCUT2D eigenvalue weighted by Crippen LogP contribution is -2.49. The number of carbonyl (C=O) groups excluding carboxylic acids is 1. The molecule has 1 saturated heterocycles. The fraction of sp³-hybridized carbons (Fsp3) is 0.731. The average Bonchev–Trinajstić information content (AvgIpc) is 3.51. The van der Waals surface area contributed by atoms with E-state index in [2.05, 4.69) is 45.4 Å². The van der Waals surface area contributed by atoms with Crippen molar-refractivity contribution < 1.29 is 9.53 Å². The predicted octanol–water partition coefficient (Wildman–Crippen LogP) is 4.81. The van der Waals surface area contributed by atoms with E-state index in [1.165, 1.54) is 44.1 Å². The molecule has 1 aromatic carbocycles. The topological polar surface area (TPSA) is 44.8 Å². The first-order valence-electron chi connectivity index (χ1n) is 12.7. The molecular formula is C26H41N3O2. The standard InChI is InChI=1S/C26H41N3O2/c30-26(27-24-10-4-5-11-24)28-16-14-22(15-17-28)20-29(25-12-6-7-13-25)18-19-31-21-23-8-2-1-3-9-23/h1-3,8-9,22,24-25H,4-7,10-21H2,(H,27,30). The van der Waals surface area contributed by atoms with Crippen molar-refractivity contribution in [3.05, 3.63) is 35.9 Å². The van der Waals surface area contributed by atoms with E-state index in [4.69, 9.17) is 4.74 Å². The lowest BCUT2D eigenvalue weighted by Gasteiger charge is -2.37. The van der Waals surface area contributed by atoms with Gasteiger partial charge in [-0.25, -0.2) is 4.79 Å². The van der Waals surface area contributed by atoms with Gasteiger partial charge in [-0.1, -0.05) is 56.0 Å². The number of benzene rings is 1. The summed E-state index contributed by atoms with van der Waals surface area (Å²) < 4.78 is 6.01. The molecule has 5 heteroatoms. The summed E-state index contributed by atoms with van der Waals surface area (Å²) in [5.74, 6) is 0.699. The van der Waals surface area contributed by atoms with Crippen molar-refractivity contribution >= 4 is 6.03 Å². The van der Waals surface area contributed by atoms with Crippen molar-refractivity contribution in [2.75, 3.05) is 32.8 Å². The molecule has 1 heterocycles. The number of nitrogens with zero attached hydrogens (tertiary/aromatic N) is 2. The van der Waals surface area contributed by atoms with E-state index >= 15 is 0 Å². The summed E-state index contributed by atoms with van der Waals surface area (Å²) in [6.45, 7) is 5.51. The lowest BCUT2D eigenvalue weighted by molar-refractivity contribution is 0.0631. The Hall–Kier alpha value is -1.59. The molecule has 0 unspecified atom stereocenters. The number of urea groups is 1. The van der Waals surface area contributed by atoms with E-state index in [9.17, 15) is 4.79 Å². The van der Waals surface area contributed by atoms with Gasteiger partial charge in [0.1, 0.15) is 0 Å². The number of ether oxygens (including phenoxy) is 1. The van der Waals surface area contributed by atoms with Gasteiger partial charge < -0.3 is 15.0 Å². The Morgan fingerprint density at radius 1 is 0.968 bits per heavy atom. The highest BCUT2D eigenvalue weighted by molar-refractivity contribution is 5.74. The molecular weight excluding hydrogens is 386 g/mol. The quantitative estimate of drug-likeness (QED) is 0.575. The van der Waals surface area contributed by atoms with Crippen molar-refractivity contribution in [3.8, 4) is 0 Å². The predicted molar refractivity (Wildman–Crippen MR) is 125 cm³/mol. The van der Waals surface area contributed by atoms with Crippen LogP contribution in [0.5, 0.6) is 0 Å². The van der Waals surface area contributed by atoms with Gasteiger partial charge in [0.15, 0.2) is 0 Å². The van der Waals surface area contributed by atoms with Gasteiger partial charge in [0.25, 0.3) is 0 Å². The highest BCUT2D eigenvalue weighted by atomic mass is 16.5. The normalized spacial score (nSPS) is 21.3. The van der Waals surface area contributed by atoms with Crippen LogP contribution in [0.15, 0.2) is 30.3 Å². The summed E-state index contributed by atoms with van der Waals surface area (Å²) in [7, 11) is 0. The zero-order valence-corrected chi connectivity index (χ0v) is 19.1. The molecule has 3 aliphatic rings. The fourth-order valence-electron chi connectivity index (χ4n) is 5.62. The van der Waals surface area contributed by atoms with Gasteiger partial charge in [-0.05, 0) is 50.0 Å². The van der Waals surface area contributed by atoms with Crippen LogP contribution in [0, 0.1) is 5.92 Å². The summed E-state index contributed by atoms with van der Waals surface area (Å²) in [4.78, 5) is 17.3. The molecule has 0 spiro atoms. The smallest absolute Gasteiger partial charge is 0.317 e. The second-order valence-electron chi connectivity index (χ2n) is 9.83. The van der Waals surface area contributed by atoms with E-state index in [-0.39, 0.29) is 6.03 Å². The van der Waals surface area contributed by atoms with Crippen LogP contribution in [0.25, 0.3) is 0 Å². The monoisotopic (exact) mass is 427 g/mol. The number of rotatable bonds is 9. The minimum atomic E-state index is 0.173. The van der Waals surface area contributed by atoms with Crippen molar-refractivity contribution in [2.24, 2.45) is 5.92 Å². The molecule has 0 aromatic heterocycles. The summed E-state index contributed by atoms with van der Waals surface area (Å²) in [6.07, 6.45) is 12.5. The lowest BCUT2D eigenvalue weighted by atomic mass is 9.95. The van der Waals surface area contributed by atoms with Gasteiger partial charge in [0.05, 0.1) is 13.2 Å². The summed E-state index contributed by atoms with van der Waals surface area (Å²) in [5, 5.41) is 3.26. The Kier molecular flexibility index (Phi) is 8.65. The number of likely N-dealkylation sites (tertiary alicyclic amines) is 1. The number of hydrogen-bond donors (Lipinski definition) is 1. The van der Waals surface area contributed by atoms with Crippen LogP contribution in [0.1, 0.15) is 69.8 Å². The highest BCUT2D eigenvalue weighted by Crippen LogP contribution is 2.27. The largest absolute Gasteiger partial charge is 0.375 e. The van der Waals surface area contributed by atoms with Crippen molar-refractivity contribution in [2.45, 2.75) is 82.9 Å². The van der Waals surface area contributed by atoms with Gasteiger partial charge in [0, 0.05) is 38.3 Å². The molecule has 4 rings (SSSR count). The van der Waals surface area contributed by atoms with Crippen LogP contribution >= 0.6 is 0 Å². The van der Waals surface area contributed by atoms with Crippen LogP contribution in [0.4, 0.5) is 4.79 Å². The molecule has 0 radical (unpaired) electrons. The number of hydrogen-bond acceptors (Lipinski definition) is 3. The van der Waals surface area contributed by atoms with Gasteiger partial charge in [-0.3, -0.25) is 4.90 Å². The molecule has 2 amide bonds. The second kappa shape index (κ2) is 11.9. The number of amides is 2. The first-order chi connectivity index (χ1) is 15.3. The third-order valence-corrected chi connectivity index (χ3v) is 7.55. The highest BCUT2D eigenvalue weighted by Gasteiger charge is 2.29. The molecule has 3 fully saturated rings. The second-order valence-corrected chi connectivity index (χ2v) is 9.83. The molecule has 2 saturated carbocycles. The minimum Gasteiger partial charge on any atom is -0.375 e. The molecule has 31 heavy (non-hydrogen) atoms. The van der Waals surface area contributed by atoms with Crippen LogP contribution in [-0.4, -0.2) is 60.7 Å². The van der Waals surface area contributed by atoms with E-state index in [0.29, 0.717) is 18.6 Å². The first-order valence-corrected chi connectivity index (χ1v) is 12.7. The third kappa shape index (κ3) is 6.95. The zero-order valence-electron chi connectivity index (χ0n) is 19.1. The third-order valence-electron chi connectivity index (χ3n) is 7.55. The fourth-order valence-corrected chi connectivity index (χ4v) is 5.62. The molecule has 1 aliphatic heterocycles. The SMILES string of the molecule is O=C(NC1CCCC1)N1CCC(CN(CCOCc2ccccc2)C2CCCC2)CC1. The molecule has 0 bridgehead atoms. The van der Waals surface area contributed by atoms with Gasteiger partial charge in [-0.15, -0.1) is 0 Å². The van der Waals surface area contributed by atoms with Crippen molar-refractivity contribution in [3.63, 3.8) is 0 Å². The van der Waals surface area contributed by atoms with Gasteiger partial charge in [-0.2, -0.15) is 0 Å². The Morgan fingerprint density at radius 3 is 2.35 bits per heavy atom. The summed E-state index contributed by atoms with van der Waals surface area (Å²) >= 11 is 0. The molecule has 5 nitrogen and oxygen atoms in total. The Morgan fingerprint density at radius 2 is 1.65 bits per heavy atom. The zero-order chi connectivity index (χ0) is 21.3. The molecule has 0 atom stereocenters. The van der Waals surface area contributed by atoms with Gasteiger partial charge >= 0.3 is 6.03 Å². The maximum Gasteiger partial charge on any atom is 0.317 e. The van der Waals surface area contributed by atoms with Crippen LogP contribution in [-0.2, 0) is 11.3 Å². The van der Waals surface area contributed by atoms with Crippen LogP contribution < -0.4 is 5.32 Å². The Bertz CT molecular complexity index is 648. The molecule has 2 aliphatic carbocycles. The molecule has 1 N–H and O–H groups in total. The van der Waals surface area contributed by atoms with Gasteiger partial charge in [0.2, 0.25) is 0 Å². The first kappa shape index (κ1) is 22.6. The maximum absolute atomic E-state index is 12.6. The van der Waals surface area contributed by atoms with Crippen LogP contribution in [0.2, 0.25) is 0 Å². The summed E-state index contributed by atoms with van der Waals surface area (Å²) in [5.41, 5.74) is 1.25. The van der Waals surface area contributed by atoms with E-state index in [0.717, 1.165) is 64.5 Å². The molecule has 1 aromatic rings. The number of piperidine rings is 1. The minimum absolute atomic E-state index is 0.173. The van der Waals surface area contributed by atoms with E-state index in [1.54, 1.807) is 0 Å². The molecule has 172 valence electrons. The van der Waals surface area contributed by atoms with E-state index in [1.807, 2.05) is 0 Å². The van der Waals surface area contributed by atoms with E-state index < -0.39 is 0 Å². The average molecular weight is 428 g/mol. The van der Waals surface area contributed by atoms with Crippen LogP contribution in [0.3, 0.4) is 0 Å². The Balaban J connectivity index is 1.19. The maximum atomic E-state index is 12.6. The van der Waals surface area contributed by atoms with Crippen molar-refractivity contribution in [1.29, 1.82) is 0 Å². The summed E-state index contributed by atoms with van der Waals surface area (Å²) in [6, 6.07) is 11.8.